The van der Waals surface area contributed by atoms with Crippen molar-refractivity contribution in [1.82, 2.24) is 9.88 Å². The summed E-state index contributed by atoms with van der Waals surface area (Å²) < 4.78 is 11.3. The molecule has 2 aliphatic rings. The van der Waals surface area contributed by atoms with E-state index >= 15 is 0 Å². The van der Waals surface area contributed by atoms with E-state index in [2.05, 4.69) is 28.1 Å². The summed E-state index contributed by atoms with van der Waals surface area (Å²) in [6, 6.07) is 11.0. The summed E-state index contributed by atoms with van der Waals surface area (Å²) in [4.78, 5) is 6.86. The third-order valence-electron chi connectivity index (χ3n) is 4.68. The maximum atomic E-state index is 5.71. The molecule has 1 atom stereocenters. The van der Waals surface area contributed by atoms with Crippen LogP contribution in [0.4, 0.5) is 0 Å². The van der Waals surface area contributed by atoms with Gasteiger partial charge in [0.1, 0.15) is 13.2 Å². The zero-order chi connectivity index (χ0) is 15.5. The second kappa shape index (κ2) is 6.59. The Kier molecular flexibility index (Phi) is 4.16. The van der Waals surface area contributed by atoms with Gasteiger partial charge in [-0.1, -0.05) is 18.6 Å². The van der Waals surface area contributed by atoms with Gasteiger partial charge in [-0.2, -0.15) is 0 Å². The molecule has 2 aromatic rings. The minimum Gasteiger partial charge on any atom is -0.486 e. The summed E-state index contributed by atoms with van der Waals surface area (Å²) >= 11 is 0. The highest BCUT2D eigenvalue weighted by molar-refractivity contribution is 5.43. The summed E-state index contributed by atoms with van der Waals surface area (Å²) in [6.45, 7) is 3.35. The number of nitrogens with zero attached hydrogens (tertiary/aromatic N) is 2. The van der Waals surface area contributed by atoms with E-state index < -0.39 is 0 Å². The molecule has 0 saturated carbocycles. The molecule has 1 unspecified atom stereocenters. The Labute approximate surface area is 137 Å². The van der Waals surface area contributed by atoms with E-state index in [1.165, 1.54) is 30.4 Å². The smallest absolute Gasteiger partial charge is 0.161 e. The van der Waals surface area contributed by atoms with Crippen molar-refractivity contribution in [2.45, 2.75) is 31.8 Å². The average molecular weight is 310 g/mol. The van der Waals surface area contributed by atoms with Crippen molar-refractivity contribution in [3.05, 3.63) is 53.9 Å². The van der Waals surface area contributed by atoms with Gasteiger partial charge >= 0.3 is 0 Å². The lowest BCUT2D eigenvalue weighted by Crippen LogP contribution is -2.33. The fraction of sp³-hybridized carbons (Fsp3) is 0.421. The highest BCUT2D eigenvalue weighted by Crippen LogP contribution is 2.34. The van der Waals surface area contributed by atoms with Crippen molar-refractivity contribution in [1.29, 1.82) is 0 Å². The Morgan fingerprint density at radius 2 is 2.00 bits per heavy atom. The lowest BCUT2D eigenvalue weighted by molar-refractivity contribution is 0.139. The molecular weight excluding hydrogens is 288 g/mol. The van der Waals surface area contributed by atoms with E-state index in [0.717, 1.165) is 24.6 Å². The lowest BCUT2D eigenvalue weighted by Gasteiger charge is -2.36. The van der Waals surface area contributed by atoms with Crippen LogP contribution in [0.2, 0.25) is 0 Å². The summed E-state index contributed by atoms with van der Waals surface area (Å²) in [5, 5.41) is 0. The molecule has 1 saturated heterocycles. The zero-order valence-corrected chi connectivity index (χ0v) is 13.3. The topological polar surface area (TPSA) is 34.6 Å². The van der Waals surface area contributed by atoms with Crippen LogP contribution < -0.4 is 9.47 Å². The van der Waals surface area contributed by atoms with Crippen LogP contribution >= 0.6 is 0 Å². The van der Waals surface area contributed by atoms with Gasteiger partial charge in [0.05, 0.1) is 0 Å². The van der Waals surface area contributed by atoms with Crippen LogP contribution in [0, 0.1) is 0 Å². The maximum absolute atomic E-state index is 5.71. The standard InChI is InChI=1S/C19H22N2O2/c1-2-9-21(17(5-1)16-4-3-8-20-13-16)14-15-6-7-18-19(12-15)23-11-10-22-18/h3-4,6-8,12-13,17H,1-2,5,9-11,14H2. The first kappa shape index (κ1) is 14.5. The van der Waals surface area contributed by atoms with E-state index in [9.17, 15) is 0 Å². The zero-order valence-electron chi connectivity index (χ0n) is 13.3. The number of pyridine rings is 1. The molecule has 0 radical (unpaired) electrons. The number of fused-ring (bicyclic) bond motifs is 1. The molecular formula is C19H22N2O2. The van der Waals surface area contributed by atoms with E-state index in [4.69, 9.17) is 9.47 Å². The average Bonchev–Trinajstić information content (AvgIpc) is 2.63. The van der Waals surface area contributed by atoms with Crippen molar-refractivity contribution in [2.24, 2.45) is 0 Å². The third-order valence-corrected chi connectivity index (χ3v) is 4.68. The highest BCUT2D eigenvalue weighted by atomic mass is 16.6. The Morgan fingerprint density at radius 3 is 2.87 bits per heavy atom. The van der Waals surface area contributed by atoms with Gasteiger partial charge in [-0.05, 0) is 48.7 Å². The van der Waals surface area contributed by atoms with E-state index in [1.807, 2.05) is 24.5 Å². The van der Waals surface area contributed by atoms with E-state index in [-0.39, 0.29) is 0 Å². The molecule has 1 aromatic carbocycles. The van der Waals surface area contributed by atoms with Gasteiger partial charge in [0.2, 0.25) is 0 Å². The van der Waals surface area contributed by atoms with Gasteiger partial charge in [0.15, 0.2) is 11.5 Å². The van der Waals surface area contributed by atoms with Gasteiger partial charge < -0.3 is 9.47 Å². The van der Waals surface area contributed by atoms with Crippen molar-refractivity contribution >= 4 is 0 Å². The highest BCUT2D eigenvalue weighted by Gasteiger charge is 2.24. The van der Waals surface area contributed by atoms with Crippen molar-refractivity contribution in [3.63, 3.8) is 0 Å². The van der Waals surface area contributed by atoms with Crippen LogP contribution in [0.15, 0.2) is 42.7 Å². The van der Waals surface area contributed by atoms with Crippen molar-refractivity contribution in [3.8, 4) is 11.5 Å². The predicted molar refractivity (Wildman–Crippen MR) is 88.7 cm³/mol. The van der Waals surface area contributed by atoms with Crippen LogP contribution in [0.5, 0.6) is 11.5 Å². The second-order valence-electron chi connectivity index (χ2n) is 6.25. The van der Waals surface area contributed by atoms with E-state index in [0.29, 0.717) is 19.3 Å². The number of rotatable bonds is 3. The third kappa shape index (κ3) is 3.17. The van der Waals surface area contributed by atoms with Crippen LogP contribution in [-0.4, -0.2) is 29.6 Å². The van der Waals surface area contributed by atoms with Crippen LogP contribution in [-0.2, 0) is 6.54 Å². The first-order chi connectivity index (χ1) is 11.4. The Bertz CT molecular complexity index is 660. The molecule has 3 heterocycles. The molecule has 0 spiro atoms. The number of likely N-dealkylation sites (tertiary alicyclic amines) is 1. The molecule has 1 aromatic heterocycles. The quantitative estimate of drug-likeness (QED) is 0.868. The second-order valence-corrected chi connectivity index (χ2v) is 6.25. The summed E-state index contributed by atoms with van der Waals surface area (Å²) in [6.07, 6.45) is 7.61. The fourth-order valence-electron chi connectivity index (χ4n) is 3.55. The number of hydrogen-bond donors (Lipinski definition) is 0. The molecule has 4 rings (SSSR count). The molecule has 0 aliphatic carbocycles. The van der Waals surface area contributed by atoms with Gasteiger partial charge in [-0.3, -0.25) is 9.88 Å². The number of piperidine rings is 1. The molecule has 1 fully saturated rings. The monoisotopic (exact) mass is 310 g/mol. The molecule has 23 heavy (non-hydrogen) atoms. The molecule has 4 heteroatoms. The van der Waals surface area contributed by atoms with Gasteiger partial charge in [0.25, 0.3) is 0 Å². The summed E-state index contributed by atoms with van der Waals surface area (Å²) in [5.41, 5.74) is 2.61. The summed E-state index contributed by atoms with van der Waals surface area (Å²) in [5.74, 6) is 1.74. The maximum Gasteiger partial charge on any atom is 0.161 e. The molecule has 0 bridgehead atoms. The molecule has 0 amide bonds. The van der Waals surface area contributed by atoms with Crippen LogP contribution in [0.3, 0.4) is 0 Å². The predicted octanol–water partition coefficient (Wildman–Crippen LogP) is 3.58. The Hall–Kier alpha value is -2.07. The number of hydrogen-bond acceptors (Lipinski definition) is 4. The lowest BCUT2D eigenvalue weighted by atomic mass is 9.95. The van der Waals surface area contributed by atoms with Gasteiger partial charge in [-0.15, -0.1) is 0 Å². The van der Waals surface area contributed by atoms with Crippen molar-refractivity contribution in [2.75, 3.05) is 19.8 Å². The minimum absolute atomic E-state index is 0.464. The largest absolute Gasteiger partial charge is 0.486 e. The van der Waals surface area contributed by atoms with Crippen molar-refractivity contribution < 1.29 is 9.47 Å². The molecule has 0 N–H and O–H groups in total. The normalized spacial score (nSPS) is 21.1. The molecule has 120 valence electrons. The van der Waals surface area contributed by atoms with Crippen LogP contribution in [0.1, 0.15) is 36.4 Å². The fourth-order valence-corrected chi connectivity index (χ4v) is 3.55. The number of aromatic nitrogens is 1. The summed E-state index contributed by atoms with van der Waals surface area (Å²) in [7, 11) is 0. The van der Waals surface area contributed by atoms with Crippen LogP contribution in [0.25, 0.3) is 0 Å². The first-order valence-corrected chi connectivity index (χ1v) is 8.43. The van der Waals surface area contributed by atoms with E-state index in [1.54, 1.807) is 0 Å². The number of ether oxygens (including phenoxy) is 2. The Morgan fingerprint density at radius 1 is 1.09 bits per heavy atom. The minimum atomic E-state index is 0.464. The first-order valence-electron chi connectivity index (χ1n) is 8.43. The molecule has 4 nitrogen and oxygen atoms in total. The van der Waals surface area contributed by atoms with Gasteiger partial charge in [0, 0.05) is 25.0 Å². The number of benzene rings is 1. The molecule has 2 aliphatic heterocycles. The Balaban J connectivity index is 1.54. The van der Waals surface area contributed by atoms with Gasteiger partial charge in [-0.25, -0.2) is 0 Å². The SMILES string of the molecule is c1cncc(C2CCCCN2Cc2ccc3c(c2)OCCO3)c1.